The van der Waals surface area contributed by atoms with Gasteiger partial charge in [0.1, 0.15) is 0 Å². The maximum Gasteiger partial charge on any atom is 0.255 e. The van der Waals surface area contributed by atoms with E-state index in [0.29, 0.717) is 10.6 Å². The fourth-order valence-electron chi connectivity index (χ4n) is 2.66. The number of hydrogen-bond donors (Lipinski definition) is 0. The van der Waals surface area contributed by atoms with Crippen molar-refractivity contribution in [1.82, 2.24) is 4.90 Å². The molecule has 2 nitrogen and oxygen atoms in total. The molecular weight excluding hydrogens is 302 g/mol. The largest absolute Gasteiger partial charge is 0.339 e. The molecule has 0 atom stereocenters. The van der Waals surface area contributed by atoms with Crippen molar-refractivity contribution in [2.24, 2.45) is 0 Å². The van der Waals surface area contributed by atoms with E-state index in [0.717, 1.165) is 37.9 Å². The van der Waals surface area contributed by atoms with Crippen LogP contribution >= 0.6 is 22.9 Å². The van der Waals surface area contributed by atoms with E-state index in [1.807, 2.05) is 23.1 Å². The Morgan fingerprint density at radius 2 is 2.00 bits per heavy atom. The first-order valence-electron chi connectivity index (χ1n) is 7.37. The van der Waals surface area contributed by atoms with E-state index >= 15 is 0 Å². The summed E-state index contributed by atoms with van der Waals surface area (Å²) in [5.74, 6) is 0.0597. The number of carbonyl (C=O) groups excluding carboxylic acids is 1. The summed E-state index contributed by atoms with van der Waals surface area (Å²) in [7, 11) is 0. The van der Waals surface area contributed by atoms with Gasteiger partial charge in [0.2, 0.25) is 0 Å². The second-order valence-electron chi connectivity index (χ2n) is 5.31. The zero-order valence-electron chi connectivity index (χ0n) is 12.1. The van der Waals surface area contributed by atoms with Crippen LogP contribution in [0.4, 0.5) is 0 Å². The van der Waals surface area contributed by atoms with Crippen LogP contribution in [0.2, 0.25) is 5.02 Å². The molecule has 0 unspecified atom stereocenters. The molecule has 2 aromatic rings. The average Bonchev–Trinajstić information content (AvgIpc) is 3.17. The Kier molecular flexibility index (Phi) is 4.32. The smallest absolute Gasteiger partial charge is 0.255 e. The molecule has 2 heterocycles. The lowest BCUT2D eigenvalue weighted by atomic mass is 10.1. The number of hydrogen-bond acceptors (Lipinski definition) is 2. The van der Waals surface area contributed by atoms with Gasteiger partial charge < -0.3 is 4.90 Å². The second-order valence-corrected chi connectivity index (χ2v) is 6.89. The summed E-state index contributed by atoms with van der Waals surface area (Å²) in [6, 6.07) is 10.1. The van der Waals surface area contributed by atoms with Crippen LogP contribution in [0.15, 0.2) is 30.3 Å². The lowest BCUT2D eigenvalue weighted by Gasteiger charge is -2.16. The minimum absolute atomic E-state index is 0.0597. The number of amides is 1. The molecule has 1 fully saturated rings. The first-order valence-corrected chi connectivity index (χ1v) is 8.56. The van der Waals surface area contributed by atoms with Gasteiger partial charge in [-0.3, -0.25) is 4.79 Å². The minimum Gasteiger partial charge on any atom is -0.339 e. The second kappa shape index (κ2) is 6.20. The average molecular weight is 320 g/mol. The number of carbonyl (C=O) groups is 1. The number of halogens is 1. The van der Waals surface area contributed by atoms with E-state index in [-0.39, 0.29) is 5.91 Å². The fourth-order valence-corrected chi connectivity index (χ4v) is 3.86. The lowest BCUT2D eigenvalue weighted by molar-refractivity contribution is 0.0793. The van der Waals surface area contributed by atoms with Crippen LogP contribution in [0.5, 0.6) is 0 Å². The SMILES string of the molecule is CCc1ccc(-c2ccc(C(=O)N3CCCC3)c(Cl)c2)s1. The van der Waals surface area contributed by atoms with Crippen LogP contribution in [0.1, 0.15) is 35.0 Å². The maximum absolute atomic E-state index is 12.4. The Bertz CT molecular complexity index is 659. The summed E-state index contributed by atoms with van der Waals surface area (Å²) in [6.07, 6.45) is 3.23. The van der Waals surface area contributed by atoms with E-state index < -0.39 is 0 Å². The molecule has 0 aliphatic carbocycles. The maximum atomic E-state index is 12.4. The van der Waals surface area contributed by atoms with Crippen molar-refractivity contribution in [2.75, 3.05) is 13.1 Å². The molecule has 1 saturated heterocycles. The highest BCUT2D eigenvalue weighted by atomic mass is 35.5. The van der Waals surface area contributed by atoms with Gasteiger partial charge in [-0.25, -0.2) is 0 Å². The van der Waals surface area contributed by atoms with Gasteiger partial charge in [-0.2, -0.15) is 0 Å². The highest BCUT2D eigenvalue weighted by molar-refractivity contribution is 7.15. The molecule has 0 radical (unpaired) electrons. The summed E-state index contributed by atoms with van der Waals surface area (Å²) in [4.78, 5) is 16.9. The molecule has 1 aromatic heterocycles. The van der Waals surface area contributed by atoms with Crippen LogP contribution in [-0.4, -0.2) is 23.9 Å². The van der Waals surface area contributed by atoms with Gasteiger partial charge in [0.25, 0.3) is 5.91 Å². The van der Waals surface area contributed by atoms with Gasteiger partial charge in [0, 0.05) is 22.8 Å². The monoisotopic (exact) mass is 319 g/mol. The molecule has 0 spiro atoms. The van der Waals surface area contributed by atoms with Crippen molar-refractivity contribution >= 4 is 28.8 Å². The Labute approximate surface area is 134 Å². The number of thiophene rings is 1. The summed E-state index contributed by atoms with van der Waals surface area (Å²) >= 11 is 8.13. The summed E-state index contributed by atoms with van der Waals surface area (Å²) in [5.41, 5.74) is 1.71. The van der Waals surface area contributed by atoms with Crippen LogP contribution < -0.4 is 0 Å². The van der Waals surface area contributed by atoms with E-state index in [2.05, 4.69) is 19.1 Å². The lowest BCUT2D eigenvalue weighted by Crippen LogP contribution is -2.27. The molecule has 1 aromatic carbocycles. The molecule has 110 valence electrons. The van der Waals surface area contributed by atoms with Gasteiger partial charge in [0.15, 0.2) is 0 Å². The quantitative estimate of drug-likeness (QED) is 0.790. The van der Waals surface area contributed by atoms with E-state index in [4.69, 9.17) is 11.6 Å². The van der Waals surface area contributed by atoms with E-state index in [1.165, 1.54) is 9.75 Å². The predicted molar refractivity (Wildman–Crippen MR) is 89.3 cm³/mol. The molecule has 1 amide bonds. The third-order valence-electron chi connectivity index (χ3n) is 3.89. The van der Waals surface area contributed by atoms with Gasteiger partial charge in [-0.15, -0.1) is 11.3 Å². The zero-order chi connectivity index (χ0) is 14.8. The van der Waals surface area contributed by atoms with Crippen molar-refractivity contribution in [1.29, 1.82) is 0 Å². The third kappa shape index (κ3) is 2.99. The Hall–Kier alpha value is -1.32. The van der Waals surface area contributed by atoms with E-state index in [9.17, 15) is 4.79 Å². The van der Waals surface area contributed by atoms with Crippen LogP contribution in [-0.2, 0) is 6.42 Å². The molecule has 0 bridgehead atoms. The number of nitrogens with zero attached hydrogens (tertiary/aromatic N) is 1. The highest BCUT2D eigenvalue weighted by Gasteiger charge is 2.21. The van der Waals surface area contributed by atoms with Crippen molar-refractivity contribution in [3.63, 3.8) is 0 Å². The number of likely N-dealkylation sites (tertiary alicyclic amines) is 1. The third-order valence-corrected chi connectivity index (χ3v) is 5.48. The van der Waals surface area contributed by atoms with Crippen molar-refractivity contribution < 1.29 is 4.79 Å². The Balaban J connectivity index is 1.87. The summed E-state index contributed by atoms with van der Waals surface area (Å²) in [5, 5.41) is 0.552. The highest BCUT2D eigenvalue weighted by Crippen LogP contribution is 2.32. The first-order chi connectivity index (χ1) is 10.2. The summed E-state index contributed by atoms with van der Waals surface area (Å²) in [6.45, 7) is 3.85. The van der Waals surface area contributed by atoms with Gasteiger partial charge in [-0.05, 0) is 49.1 Å². The topological polar surface area (TPSA) is 20.3 Å². The van der Waals surface area contributed by atoms with Crippen molar-refractivity contribution in [2.45, 2.75) is 26.2 Å². The Morgan fingerprint density at radius 1 is 1.24 bits per heavy atom. The van der Waals surface area contributed by atoms with E-state index in [1.54, 1.807) is 11.3 Å². The number of rotatable bonds is 3. The van der Waals surface area contributed by atoms with Crippen LogP contribution in [0.3, 0.4) is 0 Å². The molecule has 1 aliphatic rings. The van der Waals surface area contributed by atoms with Gasteiger partial charge in [-0.1, -0.05) is 24.6 Å². The molecule has 0 N–H and O–H groups in total. The predicted octanol–water partition coefficient (Wildman–Crippen LogP) is 4.87. The zero-order valence-corrected chi connectivity index (χ0v) is 13.6. The molecule has 1 aliphatic heterocycles. The molecule has 21 heavy (non-hydrogen) atoms. The molecule has 4 heteroatoms. The van der Waals surface area contributed by atoms with Crippen LogP contribution in [0.25, 0.3) is 10.4 Å². The standard InChI is InChI=1S/C17H18ClNOS/c1-2-13-6-8-16(21-13)12-5-7-14(15(18)11-12)17(20)19-9-3-4-10-19/h5-8,11H,2-4,9-10H2,1H3. The Morgan fingerprint density at radius 3 is 2.62 bits per heavy atom. The molecule has 0 saturated carbocycles. The van der Waals surface area contributed by atoms with Gasteiger partial charge in [0.05, 0.1) is 10.6 Å². The number of benzene rings is 1. The molecule has 3 rings (SSSR count). The number of aryl methyl sites for hydroxylation is 1. The molecular formula is C17H18ClNOS. The normalized spacial score (nSPS) is 14.7. The summed E-state index contributed by atoms with van der Waals surface area (Å²) < 4.78 is 0. The minimum atomic E-state index is 0.0597. The van der Waals surface area contributed by atoms with Crippen molar-refractivity contribution in [3.05, 3.63) is 45.8 Å². The van der Waals surface area contributed by atoms with Crippen molar-refractivity contribution in [3.8, 4) is 10.4 Å². The van der Waals surface area contributed by atoms with Crippen LogP contribution in [0, 0.1) is 0 Å². The van der Waals surface area contributed by atoms with Gasteiger partial charge >= 0.3 is 0 Å². The first kappa shape index (κ1) is 14.6. The fraction of sp³-hybridized carbons (Fsp3) is 0.353.